The van der Waals surface area contributed by atoms with E-state index in [-0.39, 0.29) is 24.8 Å². The SMILES string of the molecule is NC(Cc1ccccc1)C(=O)N1CCCC1C(=O)N1Cc2ccccc2CC1C(=O)NC(CC(=O)O)Cc1ccccc1. The molecule has 43 heavy (non-hydrogen) atoms. The molecule has 4 atom stereocenters. The highest BCUT2D eigenvalue weighted by Crippen LogP contribution is 2.28. The van der Waals surface area contributed by atoms with Gasteiger partial charge in [0, 0.05) is 25.6 Å². The van der Waals surface area contributed by atoms with E-state index in [4.69, 9.17) is 5.73 Å². The number of fused-ring (bicyclic) bond motifs is 1. The number of amides is 3. The molecule has 0 aliphatic carbocycles. The van der Waals surface area contributed by atoms with Gasteiger partial charge in [0.15, 0.2) is 0 Å². The molecule has 0 spiro atoms. The van der Waals surface area contributed by atoms with Gasteiger partial charge >= 0.3 is 5.97 Å². The van der Waals surface area contributed by atoms with Gasteiger partial charge < -0.3 is 26.0 Å². The third-order valence-corrected chi connectivity index (χ3v) is 8.36. The minimum Gasteiger partial charge on any atom is -0.481 e. The standard InChI is InChI=1S/C34H38N4O5/c35-28(19-24-12-5-2-6-13-24)33(42)37-17-9-16-29(37)34(43)38-22-26-15-8-7-14-25(26)20-30(38)32(41)36-27(21-31(39)40)18-23-10-3-1-4-11-23/h1-8,10-15,27-30H,9,16-22,35H2,(H,36,41)(H,39,40). The van der Waals surface area contributed by atoms with E-state index in [1.54, 1.807) is 9.80 Å². The van der Waals surface area contributed by atoms with Gasteiger partial charge in [-0.3, -0.25) is 19.2 Å². The number of carboxylic acid groups (broad SMARTS) is 1. The topological polar surface area (TPSA) is 133 Å². The Morgan fingerprint density at radius 1 is 0.814 bits per heavy atom. The molecule has 5 rings (SSSR count). The summed E-state index contributed by atoms with van der Waals surface area (Å²) >= 11 is 0. The second-order valence-electron chi connectivity index (χ2n) is 11.4. The van der Waals surface area contributed by atoms with Crippen molar-refractivity contribution in [2.45, 2.75) is 69.2 Å². The van der Waals surface area contributed by atoms with Gasteiger partial charge in [0.05, 0.1) is 12.5 Å². The fourth-order valence-corrected chi connectivity index (χ4v) is 6.22. The molecule has 4 unspecified atom stereocenters. The first-order valence-corrected chi connectivity index (χ1v) is 14.8. The monoisotopic (exact) mass is 582 g/mol. The Balaban J connectivity index is 1.35. The van der Waals surface area contributed by atoms with Gasteiger partial charge in [0.25, 0.3) is 0 Å². The zero-order valence-corrected chi connectivity index (χ0v) is 24.1. The number of hydrogen-bond donors (Lipinski definition) is 3. The number of carboxylic acids is 1. The Morgan fingerprint density at radius 3 is 2.07 bits per heavy atom. The Labute approximate surface area is 251 Å². The third-order valence-electron chi connectivity index (χ3n) is 8.36. The fourth-order valence-electron chi connectivity index (χ4n) is 6.22. The summed E-state index contributed by atoms with van der Waals surface area (Å²) in [4.78, 5) is 56.3. The Kier molecular flexibility index (Phi) is 9.51. The van der Waals surface area contributed by atoms with Crippen molar-refractivity contribution in [2.24, 2.45) is 5.73 Å². The summed E-state index contributed by atoms with van der Waals surface area (Å²) in [6.07, 6.45) is 1.92. The molecule has 1 fully saturated rings. The quantitative estimate of drug-likeness (QED) is 0.337. The molecule has 3 aromatic carbocycles. The predicted molar refractivity (Wildman–Crippen MR) is 162 cm³/mol. The van der Waals surface area contributed by atoms with E-state index in [1.807, 2.05) is 84.9 Å². The molecule has 2 heterocycles. The van der Waals surface area contributed by atoms with Crippen molar-refractivity contribution in [3.63, 3.8) is 0 Å². The van der Waals surface area contributed by atoms with E-state index in [2.05, 4.69) is 5.32 Å². The number of nitrogens with two attached hydrogens (primary N) is 1. The third kappa shape index (κ3) is 7.29. The first-order chi connectivity index (χ1) is 20.8. The molecule has 0 saturated carbocycles. The Bertz CT molecular complexity index is 1450. The lowest BCUT2D eigenvalue weighted by Crippen LogP contribution is -2.59. The van der Waals surface area contributed by atoms with Crippen LogP contribution in [0, 0.1) is 0 Å². The van der Waals surface area contributed by atoms with E-state index < -0.39 is 36.0 Å². The maximum absolute atomic E-state index is 14.2. The van der Waals surface area contributed by atoms with Crippen LogP contribution in [0.1, 0.15) is 41.5 Å². The van der Waals surface area contributed by atoms with Crippen molar-refractivity contribution in [1.29, 1.82) is 0 Å². The van der Waals surface area contributed by atoms with E-state index in [0.29, 0.717) is 38.6 Å². The van der Waals surface area contributed by atoms with Crippen LogP contribution in [0.3, 0.4) is 0 Å². The molecule has 9 heteroatoms. The Hall–Kier alpha value is -4.50. The van der Waals surface area contributed by atoms with Crippen LogP contribution in [-0.2, 0) is 45.0 Å². The van der Waals surface area contributed by atoms with Crippen LogP contribution < -0.4 is 11.1 Å². The molecule has 3 amide bonds. The van der Waals surface area contributed by atoms with Crippen molar-refractivity contribution in [1.82, 2.24) is 15.1 Å². The number of nitrogens with one attached hydrogen (secondary N) is 1. The summed E-state index contributed by atoms with van der Waals surface area (Å²) in [5.41, 5.74) is 10.1. The summed E-state index contributed by atoms with van der Waals surface area (Å²) in [5, 5.41) is 12.5. The minimum atomic E-state index is -1.02. The molecule has 2 aliphatic rings. The number of likely N-dealkylation sites (tertiary alicyclic amines) is 1. The van der Waals surface area contributed by atoms with Gasteiger partial charge in [-0.2, -0.15) is 0 Å². The number of benzene rings is 3. The summed E-state index contributed by atoms with van der Waals surface area (Å²) in [7, 11) is 0. The van der Waals surface area contributed by atoms with Gasteiger partial charge in [0.1, 0.15) is 12.1 Å². The zero-order valence-electron chi connectivity index (χ0n) is 24.1. The summed E-state index contributed by atoms with van der Waals surface area (Å²) in [5.74, 6) is -1.98. The molecular weight excluding hydrogens is 544 g/mol. The lowest BCUT2D eigenvalue weighted by molar-refractivity contribution is -0.149. The summed E-state index contributed by atoms with van der Waals surface area (Å²) in [6.45, 7) is 0.654. The number of aliphatic carboxylic acids is 1. The van der Waals surface area contributed by atoms with Crippen LogP contribution in [0.4, 0.5) is 0 Å². The molecule has 0 bridgehead atoms. The van der Waals surface area contributed by atoms with E-state index in [9.17, 15) is 24.3 Å². The highest BCUT2D eigenvalue weighted by Gasteiger charge is 2.43. The van der Waals surface area contributed by atoms with Crippen molar-refractivity contribution in [2.75, 3.05) is 6.54 Å². The van der Waals surface area contributed by atoms with Crippen LogP contribution in [0.25, 0.3) is 0 Å². The Morgan fingerprint density at radius 2 is 1.42 bits per heavy atom. The lowest BCUT2D eigenvalue weighted by Gasteiger charge is -2.39. The largest absolute Gasteiger partial charge is 0.481 e. The number of carbonyl (C=O) groups is 4. The van der Waals surface area contributed by atoms with E-state index >= 15 is 0 Å². The highest BCUT2D eigenvalue weighted by atomic mass is 16.4. The molecule has 9 nitrogen and oxygen atoms in total. The number of rotatable bonds is 10. The summed E-state index contributed by atoms with van der Waals surface area (Å²) < 4.78 is 0. The number of carbonyl (C=O) groups excluding carboxylic acids is 3. The van der Waals surface area contributed by atoms with Crippen LogP contribution in [0.15, 0.2) is 84.9 Å². The zero-order chi connectivity index (χ0) is 30.3. The summed E-state index contributed by atoms with van der Waals surface area (Å²) in [6, 6.07) is 23.6. The van der Waals surface area contributed by atoms with Crippen molar-refractivity contribution in [3.8, 4) is 0 Å². The smallest absolute Gasteiger partial charge is 0.305 e. The number of nitrogens with zero attached hydrogens (tertiary/aromatic N) is 2. The molecule has 224 valence electrons. The second kappa shape index (κ2) is 13.6. The van der Waals surface area contributed by atoms with Gasteiger partial charge in [-0.05, 0) is 47.9 Å². The molecule has 0 radical (unpaired) electrons. The van der Waals surface area contributed by atoms with E-state index in [0.717, 1.165) is 22.3 Å². The molecule has 3 aromatic rings. The fraction of sp³-hybridized carbons (Fsp3) is 0.353. The van der Waals surface area contributed by atoms with Crippen molar-refractivity contribution >= 4 is 23.7 Å². The minimum absolute atomic E-state index is 0.226. The normalized spacial score (nSPS) is 19.3. The lowest BCUT2D eigenvalue weighted by atomic mass is 9.92. The average molecular weight is 583 g/mol. The molecular formula is C34H38N4O5. The van der Waals surface area contributed by atoms with Crippen LogP contribution >= 0.6 is 0 Å². The second-order valence-corrected chi connectivity index (χ2v) is 11.4. The van der Waals surface area contributed by atoms with Gasteiger partial charge in [-0.25, -0.2) is 0 Å². The number of hydrogen-bond acceptors (Lipinski definition) is 5. The highest BCUT2D eigenvalue weighted by molar-refractivity contribution is 5.94. The predicted octanol–water partition coefficient (Wildman–Crippen LogP) is 2.70. The average Bonchev–Trinajstić information content (AvgIpc) is 3.50. The first kappa shape index (κ1) is 30.0. The first-order valence-electron chi connectivity index (χ1n) is 14.8. The molecule has 2 aliphatic heterocycles. The van der Waals surface area contributed by atoms with Crippen LogP contribution in [0.5, 0.6) is 0 Å². The van der Waals surface area contributed by atoms with Gasteiger partial charge in [-0.15, -0.1) is 0 Å². The van der Waals surface area contributed by atoms with Crippen LogP contribution in [0.2, 0.25) is 0 Å². The maximum Gasteiger partial charge on any atom is 0.305 e. The van der Waals surface area contributed by atoms with Gasteiger partial charge in [-0.1, -0.05) is 84.9 Å². The molecule has 1 saturated heterocycles. The van der Waals surface area contributed by atoms with Crippen molar-refractivity contribution in [3.05, 3.63) is 107 Å². The molecule has 0 aromatic heterocycles. The maximum atomic E-state index is 14.2. The van der Waals surface area contributed by atoms with Crippen molar-refractivity contribution < 1.29 is 24.3 Å². The van der Waals surface area contributed by atoms with E-state index in [1.165, 1.54) is 0 Å². The van der Waals surface area contributed by atoms with Gasteiger partial charge in [0.2, 0.25) is 17.7 Å². The molecule has 4 N–H and O–H groups in total. The van der Waals surface area contributed by atoms with Crippen LogP contribution in [-0.4, -0.2) is 69.3 Å².